The number of carbonyl (C=O) groups excluding carboxylic acids is 1. The zero-order valence-electron chi connectivity index (χ0n) is 18.4. The number of hydrogen-bond acceptors (Lipinski definition) is 3. The van der Waals surface area contributed by atoms with Crippen LogP contribution in [-0.4, -0.2) is 31.6 Å². The highest BCUT2D eigenvalue weighted by Gasteiger charge is 2.19. The predicted molar refractivity (Wildman–Crippen MR) is 131 cm³/mol. The molecule has 1 unspecified atom stereocenters. The van der Waals surface area contributed by atoms with Crippen molar-refractivity contribution < 1.29 is 9.53 Å². The third kappa shape index (κ3) is 5.81. The van der Waals surface area contributed by atoms with Crippen molar-refractivity contribution >= 4 is 29.0 Å². The van der Waals surface area contributed by atoms with Gasteiger partial charge in [-0.3, -0.25) is 0 Å². The van der Waals surface area contributed by atoms with Crippen LogP contribution in [0.15, 0.2) is 66.7 Å². The minimum atomic E-state index is -0.306. The summed E-state index contributed by atoms with van der Waals surface area (Å²) in [5, 5.41) is 6.18. The first kappa shape index (κ1) is 22.2. The van der Waals surface area contributed by atoms with Crippen molar-refractivity contribution in [2.45, 2.75) is 19.3 Å². The van der Waals surface area contributed by atoms with Gasteiger partial charge in [-0.2, -0.15) is 0 Å². The molecule has 2 amide bonds. The molecule has 1 aliphatic rings. The second kappa shape index (κ2) is 10.1. The molecule has 5 nitrogen and oxygen atoms in total. The van der Waals surface area contributed by atoms with Gasteiger partial charge in [0.05, 0.1) is 5.02 Å². The van der Waals surface area contributed by atoms with E-state index in [1.54, 1.807) is 18.2 Å². The molecular formula is C26H28ClN3O2. The summed E-state index contributed by atoms with van der Waals surface area (Å²) in [6.45, 7) is 1.11. The fraction of sp³-hybridized carbons (Fsp3) is 0.269. The number of halogens is 1. The van der Waals surface area contributed by atoms with E-state index in [0.717, 1.165) is 25.1 Å². The SMILES string of the molecule is CN(C)CC1CCc2cc(NC(=O)Nc3ccc(Oc4ccccc4)c(Cl)c3)ccc2C1. The molecule has 0 saturated carbocycles. The van der Waals surface area contributed by atoms with Gasteiger partial charge in [-0.25, -0.2) is 4.79 Å². The Hall–Kier alpha value is -3.02. The van der Waals surface area contributed by atoms with Gasteiger partial charge in [-0.05, 0) is 92.9 Å². The van der Waals surface area contributed by atoms with Crippen molar-refractivity contribution in [2.75, 3.05) is 31.3 Å². The first-order valence-corrected chi connectivity index (χ1v) is 11.2. The number of hydrogen-bond donors (Lipinski definition) is 2. The molecule has 32 heavy (non-hydrogen) atoms. The van der Waals surface area contributed by atoms with E-state index in [0.29, 0.717) is 28.1 Å². The van der Waals surface area contributed by atoms with E-state index in [4.69, 9.17) is 16.3 Å². The highest BCUT2D eigenvalue weighted by Crippen LogP contribution is 2.32. The van der Waals surface area contributed by atoms with Gasteiger partial charge in [0.25, 0.3) is 0 Å². The number of para-hydroxylation sites is 1. The molecule has 0 fully saturated rings. The molecule has 0 aromatic heterocycles. The monoisotopic (exact) mass is 449 g/mol. The Morgan fingerprint density at radius 1 is 1.00 bits per heavy atom. The molecule has 1 aliphatic carbocycles. The van der Waals surface area contributed by atoms with Crippen molar-refractivity contribution in [3.05, 3.63) is 82.9 Å². The molecule has 0 heterocycles. The summed E-state index contributed by atoms with van der Waals surface area (Å²) in [5.74, 6) is 1.93. The Kier molecular flexibility index (Phi) is 6.98. The number of fused-ring (bicyclic) bond motifs is 1. The smallest absolute Gasteiger partial charge is 0.323 e. The molecule has 4 rings (SSSR count). The largest absolute Gasteiger partial charge is 0.456 e. The van der Waals surface area contributed by atoms with Crippen LogP contribution in [-0.2, 0) is 12.8 Å². The molecule has 6 heteroatoms. The molecule has 0 saturated heterocycles. The summed E-state index contributed by atoms with van der Waals surface area (Å²) >= 11 is 6.35. The van der Waals surface area contributed by atoms with Gasteiger partial charge in [0, 0.05) is 17.9 Å². The van der Waals surface area contributed by atoms with E-state index in [-0.39, 0.29) is 6.03 Å². The van der Waals surface area contributed by atoms with Crippen LogP contribution in [0.5, 0.6) is 11.5 Å². The Balaban J connectivity index is 1.35. The van der Waals surface area contributed by atoms with E-state index in [1.807, 2.05) is 36.4 Å². The van der Waals surface area contributed by atoms with Gasteiger partial charge in [-0.15, -0.1) is 0 Å². The van der Waals surface area contributed by atoms with Gasteiger partial charge in [0.15, 0.2) is 0 Å². The van der Waals surface area contributed by atoms with Crippen molar-refractivity contribution in [3.8, 4) is 11.5 Å². The second-order valence-corrected chi connectivity index (χ2v) is 8.90. The Morgan fingerprint density at radius 3 is 2.44 bits per heavy atom. The van der Waals surface area contributed by atoms with Crippen molar-refractivity contribution in [1.82, 2.24) is 4.90 Å². The number of rotatable bonds is 6. The van der Waals surface area contributed by atoms with Crippen LogP contribution in [0.2, 0.25) is 5.02 Å². The van der Waals surface area contributed by atoms with Crippen LogP contribution in [0.3, 0.4) is 0 Å². The zero-order chi connectivity index (χ0) is 22.5. The lowest BCUT2D eigenvalue weighted by molar-refractivity contribution is 0.262. The molecule has 0 aliphatic heterocycles. The number of nitrogens with zero attached hydrogens (tertiary/aromatic N) is 1. The number of urea groups is 1. The molecule has 1 atom stereocenters. The maximum absolute atomic E-state index is 12.5. The molecule has 3 aromatic rings. The standard InChI is InChI=1S/C26H28ClN3O2/c1-30(2)17-18-8-9-20-15-21(11-10-19(20)14-18)28-26(31)29-22-12-13-25(24(27)16-22)32-23-6-4-3-5-7-23/h3-7,10-13,15-16,18H,8-9,14,17H2,1-2H3,(H2,28,29,31). The molecule has 2 N–H and O–H groups in total. The molecule has 0 radical (unpaired) electrons. The maximum Gasteiger partial charge on any atom is 0.323 e. The number of anilines is 2. The summed E-state index contributed by atoms with van der Waals surface area (Å²) in [4.78, 5) is 14.8. The van der Waals surface area contributed by atoms with E-state index in [9.17, 15) is 4.79 Å². The number of benzene rings is 3. The highest BCUT2D eigenvalue weighted by atomic mass is 35.5. The molecule has 166 valence electrons. The van der Waals surface area contributed by atoms with Crippen LogP contribution < -0.4 is 15.4 Å². The third-order valence-electron chi connectivity index (χ3n) is 5.58. The first-order valence-electron chi connectivity index (χ1n) is 10.8. The number of carbonyl (C=O) groups is 1. The van der Waals surface area contributed by atoms with E-state index < -0.39 is 0 Å². The quantitative estimate of drug-likeness (QED) is 0.455. The lowest BCUT2D eigenvalue weighted by atomic mass is 9.83. The van der Waals surface area contributed by atoms with Crippen molar-refractivity contribution in [3.63, 3.8) is 0 Å². The second-order valence-electron chi connectivity index (χ2n) is 8.49. The minimum Gasteiger partial charge on any atom is -0.456 e. The average Bonchev–Trinajstić information content (AvgIpc) is 2.76. The van der Waals surface area contributed by atoms with Gasteiger partial charge < -0.3 is 20.3 Å². The van der Waals surface area contributed by atoms with Gasteiger partial charge in [-0.1, -0.05) is 35.9 Å². The molecule has 0 spiro atoms. The van der Waals surface area contributed by atoms with Gasteiger partial charge in [0.1, 0.15) is 11.5 Å². The van der Waals surface area contributed by atoms with E-state index in [1.165, 1.54) is 17.5 Å². The molecule has 0 bridgehead atoms. The number of aryl methyl sites for hydroxylation is 1. The van der Waals surface area contributed by atoms with Crippen LogP contribution >= 0.6 is 11.6 Å². The maximum atomic E-state index is 12.5. The summed E-state index contributed by atoms with van der Waals surface area (Å²) in [7, 11) is 4.25. The van der Waals surface area contributed by atoms with Crippen molar-refractivity contribution in [1.29, 1.82) is 0 Å². The summed E-state index contributed by atoms with van der Waals surface area (Å²) in [6.07, 6.45) is 3.32. The molecule has 3 aromatic carbocycles. The summed E-state index contributed by atoms with van der Waals surface area (Å²) in [6, 6.07) is 20.5. The number of ether oxygens (including phenoxy) is 1. The minimum absolute atomic E-state index is 0.306. The van der Waals surface area contributed by atoms with E-state index in [2.05, 4.69) is 41.8 Å². The Labute approximate surface area is 194 Å². The zero-order valence-corrected chi connectivity index (χ0v) is 19.2. The van der Waals surface area contributed by atoms with Crippen LogP contribution in [0.1, 0.15) is 17.5 Å². The fourth-order valence-corrected chi connectivity index (χ4v) is 4.37. The van der Waals surface area contributed by atoms with Crippen LogP contribution in [0.4, 0.5) is 16.2 Å². The summed E-state index contributed by atoms with van der Waals surface area (Å²) < 4.78 is 5.78. The average molecular weight is 450 g/mol. The lowest BCUT2D eigenvalue weighted by Gasteiger charge is -2.27. The fourth-order valence-electron chi connectivity index (χ4n) is 4.15. The first-order chi connectivity index (χ1) is 15.5. The van der Waals surface area contributed by atoms with E-state index >= 15 is 0 Å². The lowest BCUT2D eigenvalue weighted by Crippen LogP contribution is -2.26. The number of nitrogens with one attached hydrogen (secondary N) is 2. The summed E-state index contributed by atoms with van der Waals surface area (Å²) in [5.41, 5.74) is 4.10. The van der Waals surface area contributed by atoms with Gasteiger partial charge in [0.2, 0.25) is 0 Å². The topological polar surface area (TPSA) is 53.6 Å². The third-order valence-corrected chi connectivity index (χ3v) is 5.87. The number of amides is 2. The molecular weight excluding hydrogens is 422 g/mol. The van der Waals surface area contributed by atoms with Crippen LogP contribution in [0.25, 0.3) is 0 Å². The normalized spacial score (nSPS) is 15.2. The Bertz CT molecular complexity index is 1090. The Morgan fingerprint density at radius 2 is 1.72 bits per heavy atom. The van der Waals surface area contributed by atoms with Gasteiger partial charge >= 0.3 is 6.03 Å². The predicted octanol–water partition coefficient (Wildman–Crippen LogP) is 6.44. The highest BCUT2D eigenvalue weighted by molar-refractivity contribution is 6.32. The van der Waals surface area contributed by atoms with Crippen LogP contribution in [0, 0.1) is 5.92 Å². The van der Waals surface area contributed by atoms with Crippen molar-refractivity contribution in [2.24, 2.45) is 5.92 Å².